The minimum Gasteiger partial charge on any atom is -0.336 e. The van der Waals surface area contributed by atoms with Crippen molar-refractivity contribution in [3.8, 4) is 0 Å². The minimum absolute atomic E-state index is 0.126. The molecule has 0 aromatic carbocycles. The second-order valence-corrected chi connectivity index (χ2v) is 5.59. The lowest BCUT2D eigenvalue weighted by atomic mass is 9.99. The third-order valence-electron chi connectivity index (χ3n) is 3.34. The Labute approximate surface area is 112 Å². The molecule has 18 heavy (non-hydrogen) atoms. The molecule has 0 saturated carbocycles. The molecule has 1 aliphatic rings. The topological polar surface area (TPSA) is 46.3 Å². The maximum atomic E-state index is 12.2. The molecule has 1 fully saturated rings. The third kappa shape index (κ3) is 3.43. The average molecular weight is 264 g/mol. The van der Waals surface area contributed by atoms with Crippen LogP contribution in [0, 0.1) is 0 Å². The average Bonchev–Trinajstić information content (AvgIpc) is 2.90. The van der Waals surface area contributed by atoms with Crippen LogP contribution in [0.25, 0.3) is 6.08 Å². The second kappa shape index (κ2) is 6.71. The van der Waals surface area contributed by atoms with Crippen molar-refractivity contribution in [1.82, 2.24) is 4.90 Å². The van der Waals surface area contributed by atoms with Crippen LogP contribution in [-0.2, 0) is 4.79 Å². The van der Waals surface area contributed by atoms with Gasteiger partial charge in [-0.1, -0.05) is 6.07 Å². The van der Waals surface area contributed by atoms with Gasteiger partial charge in [-0.2, -0.15) is 0 Å². The highest BCUT2D eigenvalue weighted by Gasteiger charge is 2.24. The van der Waals surface area contributed by atoms with Gasteiger partial charge in [-0.05, 0) is 49.8 Å². The summed E-state index contributed by atoms with van der Waals surface area (Å²) >= 11 is 1.65. The van der Waals surface area contributed by atoms with Crippen LogP contribution in [-0.4, -0.2) is 29.9 Å². The summed E-state index contributed by atoms with van der Waals surface area (Å²) in [6, 6.07) is 4.35. The van der Waals surface area contributed by atoms with Gasteiger partial charge in [0.2, 0.25) is 5.91 Å². The molecule has 1 aromatic heterocycles. The van der Waals surface area contributed by atoms with Gasteiger partial charge in [0.1, 0.15) is 0 Å². The van der Waals surface area contributed by atoms with E-state index in [4.69, 9.17) is 5.73 Å². The van der Waals surface area contributed by atoms with Crippen LogP contribution in [0.3, 0.4) is 0 Å². The highest BCUT2D eigenvalue weighted by Crippen LogP contribution is 2.20. The lowest BCUT2D eigenvalue weighted by Crippen LogP contribution is -2.43. The number of hydrogen-bond acceptors (Lipinski definition) is 3. The monoisotopic (exact) mass is 264 g/mol. The minimum atomic E-state index is 0.126. The first-order valence-electron chi connectivity index (χ1n) is 6.53. The Morgan fingerprint density at radius 3 is 3.17 bits per heavy atom. The molecule has 2 rings (SSSR count). The van der Waals surface area contributed by atoms with Gasteiger partial charge in [0, 0.05) is 23.5 Å². The zero-order chi connectivity index (χ0) is 12.8. The first-order valence-corrected chi connectivity index (χ1v) is 7.41. The normalized spacial score (nSPS) is 20.5. The fourth-order valence-corrected chi connectivity index (χ4v) is 3.04. The maximum Gasteiger partial charge on any atom is 0.246 e. The van der Waals surface area contributed by atoms with Crippen LogP contribution in [0.2, 0.25) is 0 Å². The summed E-state index contributed by atoms with van der Waals surface area (Å²) in [5.41, 5.74) is 5.62. The Balaban J connectivity index is 1.97. The van der Waals surface area contributed by atoms with Gasteiger partial charge in [0.05, 0.1) is 0 Å². The fourth-order valence-electron chi connectivity index (χ4n) is 2.42. The van der Waals surface area contributed by atoms with Gasteiger partial charge in [-0.3, -0.25) is 4.79 Å². The number of amides is 1. The first kappa shape index (κ1) is 13.3. The Bertz CT molecular complexity index is 398. The maximum absolute atomic E-state index is 12.2. The number of thiophene rings is 1. The Kier molecular flexibility index (Phi) is 4.96. The van der Waals surface area contributed by atoms with E-state index in [1.165, 1.54) is 6.42 Å². The van der Waals surface area contributed by atoms with E-state index in [-0.39, 0.29) is 5.91 Å². The van der Waals surface area contributed by atoms with Crippen LogP contribution in [0.15, 0.2) is 23.6 Å². The highest BCUT2D eigenvalue weighted by molar-refractivity contribution is 7.10. The number of nitrogens with two attached hydrogens (primary N) is 1. The highest BCUT2D eigenvalue weighted by atomic mass is 32.1. The van der Waals surface area contributed by atoms with E-state index in [2.05, 4.69) is 0 Å². The van der Waals surface area contributed by atoms with Crippen LogP contribution >= 0.6 is 11.3 Å². The van der Waals surface area contributed by atoms with Gasteiger partial charge in [-0.25, -0.2) is 0 Å². The van der Waals surface area contributed by atoms with Crippen molar-refractivity contribution in [3.63, 3.8) is 0 Å². The molecule has 1 saturated heterocycles. The molecule has 1 unspecified atom stereocenters. The summed E-state index contributed by atoms with van der Waals surface area (Å²) in [6.07, 6.45) is 7.93. The first-order chi connectivity index (χ1) is 8.81. The fraction of sp³-hybridized carbons (Fsp3) is 0.500. The molecule has 3 nitrogen and oxygen atoms in total. The number of nitrogens with zero attached hydrogens (tertiary/aromatic N) is 1. The van der Waals surface area contributed by atoms with Gasteiger partial charge in [0.15, 0.2) is 0 Å². The van der Waals surface area contributed by atoms with E-state index < -0.39 is 0 Å². The predicted molar refractivity (Wildman–Crippen MR) is 76.4 cm³/mol. The molecule has 1 amide bonds. The van der Waals surface area contributed by atoms with E-state index in [0.29, 0.717) is 12.6 Å². The SMILES string of the molecule is NCCC1CCCCN1C(=O)C=Cc1cccs1. The summed E-state index contributed by atoms with van der Waals surface area (Å²) in [5.74, 6) is 0.126. The second-order valence-electron chi connectivity index (χ2n) is 4.61. The van der Waals surface area contributed by atoms with Gasteiger partial charge < -0.3 is 10.6 Å². The molecule has 2 N–H and O–H groups in total. The number of piperidine rings is 1. The van der Waals surface area contributed by atoms with Crippen LogP contribution in [0.5, 0.6) is 0 Å². The third-order valence-corrected chi connectivity index (χ3v) is 4.18. The van der Waals surface area contributed by atoms with Crippen LogP contribution < -0.4 is 5.73 Å². The molecular formula is C14H20N2OS. The largest absolute Gasteiger partial charge is 0.336 e. The van der Waals surface area contributed by atoms with Gasteiger partial charge in [-0.15, -0.1) is 11.3 Å². The molecule has 0 aliphatic carbocycles. The Morgan fingerprint density at radius 2 is 2.44 bits per heavy atom. The quantitative estimate of drug-likeness (QED) is 0.849. The van der Waals surface area contributed by atoms with E-state index in [9.17, 15) is 4.79 Å². The number of hydrogen-bond donors (Lipinski definition) is 1. The Morgan fingerprint density at radius 1 is 1.56 bits per heavy atom. The molecule has 2 heterocycles. The number of carbonyl (C=O) groups excluding carboxylic acids is 1. The molecular weight excluding hydrogens is 244 g/mol. The van der Waals surface area contributed by atoms with Crippen molar-refractivity contribution in [2.45, 2.75) is 31.7 Å². The summed E-state index contributed by atoms with van der Waals surface area (Å²) < 4.78 is 0. The zero-order valence-electron chi connectivity index (χ0n) is 10.5. The molecule has 0 bridgehead atoms. The zero-order valence-corrected chi connectivity index (χ0v) is 11.4. The number of carbonyl (C=O) groups is 1. The number of rotatable bonds is 4. The summed E-state index contributed by atoms with van der Waals surface area (Å²) in [5, 5.41) is 2.02. The lowest BCUT2D eigenvalue weighted by Gasteiger charge is -2.35. The smallest absolute Gasteiger partial charge is 0.246 e. The van der Waals surface area contributed by atoms with Crippen LogP contribution in [0.1, 0.15) is 30.6 Å². The van der Waals surface area contributed by atoms with Gasteiger partial charge in [0.25, 0.3) is 0 Å². The van der Waals surface area contributed by atoms with Gasteiger partial charge >= 0.3 is 0 Å². The van der Waals surface area contributed by atoms with Crippen molar-refractivity contribution in [1.29, 1.82) is 0 Å². The molecule has 1 aliphatic heterocycles. The van der Waals surface area contributed by atoms with Crippen molar-refractivity contribution < 1.29 is 4.79 Å². The van der Waals surface area contributed by atoms with Crippen molar-refractivity contribution in [2.24, 2.45) is 5.73 Å². The van der Waals surface area contributed by atoms with E-state index in [0.717, 1.165) is 30.7 Å². The van der Waals surface area contributed by atoms with Crippen LogP contribution in [0.4, 0.5) is 0 Å². The van der Waals surface area contributed by atoms with Crippen molar-refractivity contribution in [3.05, 3.63) is 28.5 Å². The van der Waals surface area contributed by atoms with E-state index in [1.54, 1.807) is 17.4 Å². The molecule has 98 valence electrons. The molecule has 4 heteroatoms. The Hall–Kier alpha value is -1.13. The van der Waals surface area contributed by atoms with E-state index in [1.807, 2.05) is 28.5 Å². The summed E-state index contributed by atoms with van der Waals surface area (Å²) in [4.78, 5) is 15.3. The predicted octanol–water partition coefficient (Wildman–Crippen LogP) is 2.49. The molecule has 1 aromatic rings. The van der Waals surface area contributed by atoms with E-state index >= 15 is 0 Å². The van der Waals surface area contributed by atoms with Crippen molar-refractivity contribution >= 4 is 23.3 Å². The number of likely N-dealkylation sites (tertiary alicyclic amines) is 1. The lowest BCUT2D eigenvalue weighted by molar-refractivity contribution is -0.129. The molecule has 0 spiro atoms. The summed E-state index contributed by atoms with van der Waals surface area (Å²) in [6.45, 7) is 1.53. The standard InChI is InChI=1S/C14H20N2OS/c15-9-8-12-4-1-2-10-16(12)14(17)7-6-13-5-3-11-18-13/h3,5-7,11-12H,1-2,4,8-10,15H2. The van der Waals surface area contributed by atoms with Crippen molar-refractivity contribution in [2.75, 3.05) is 13.1 Å². The molecule has 1 atom stereocenters. The summed E-state index contributed by atoms with van der Waals surface area (Å²) in [7, 11) is 0. The molecule has 0 radical (unpaired) electrons.